The van der Waals surface area contributed by atoms with Gasteiger partial charge in [0.05, 0.1) is 0 Å². The zero-order valence-electron chi connectivity index (χ0n) is 10.6. The normalized spacial score (nSPS) is 18.2. The van der Waals surface area contributed by atoms with Crippen molar-refractivity contribution in [2.75, 3.05) is 12.4 Å². The lowest BCUT2D eigenvalue weighted by Crippen LogP contribution is -2.34. The smallest absolute Gasteiger partial charge is 0.223 e. The summed E-state index contributed by atoms with van der Waals surface area (Å²) >= 11 is 5.61. The summed E-state index contributed by atoms with van der Waals surface area (Å²) in [6.07, 6.45) is 4.82. The Morgan fingerprint density at radius 3 is 2.83 bits per heavy atom. The molecular formula is C15H20ClNO. The molecule has 1 aliphatic carbocycles. The van der Waals surface area contributed by atoms with Crippen LogP contribution in [0.15, 0.2) is 24.3 Å². The fourth-order valence-corrected chi connectivity index (χ4v) is 2.69. The third-order valence-electron chi connectivity index (χ3n) is 3.58. The van der Waals surface area contributed by atoms with Gasteiger partial charge in [-0.05, 0) is 43.2 Å². The second kappa shape index (κ2) is 6.79. The minimum atomic E-state index is 0.149. The number of amides is 1. The molecule has 0 saturated heterocycles. The van der Waals surface area contributed by atoms with Crippen LogP contribution in [0.25, 0.3) is 0 Å². The zero-order valence-corrected chi connectivity index (χ0v) is 11.4. The Labute approximate surface area is 114 Å². The number of fused-ring (bicyclic) bond motifs is 1. The molecule has 1 amide bonds. The highest BCUT2D eigenvalue weighted by Gasteiger charge is 2.23. The monoisotopic (exact) mass is 265 g/mol. The first-order valence-corrected chi connectivity index (χ1v) is 7.25. The van der Waals surface area contributed by atoms with Gasteiger partial charge in [0, 0.05) is 18.3 Å². The van der Waals surface area contributed by atoms with E-state index in [1.54, 1.807) is 0 Å². The molecule has 1 aliphatic rings. The van der Waals surface area contributed by atoms with Gasteiger partial charge in [0.25, 0.3) is 0 Å². The van der Waals surface area contributed by atoms with Crippen molar-refractivity contribution in [2.45, 2.75) is 32.1 Å². The Balaban J connectivity index is 1.83. The lowest BCUT2D eigenvalue weighted by Gasteiger charge is -2.23. The predicted octanol–water partition coefficient (Wildman–Crippen LogP) is 2.93. The summed E-state index contributed by atoms with van der Waals surface area (Å²) in [7, 11) is 0. The average molecular weight is 266 g/mol. The van der Waals surface area contributed by atoms with E-state index < -0.39 is 0 Å². The summed E-state index contributed by atoms with van der Waals surface area (Å²) in [6, 6.07) is 8.44. The van der Waals surface area contributed by atoms with E-state index in [0.717, 1.165) is 38.6 Å². The van der Waals surface area contributed by atoms with E-state index in [2.05, 4.69) is 29.6 Å². The van der Waals surface area contributed by atoms with Crippen LogP contribution in [-0.2, 0) is 17.6 Å². The number of alkyl halides is 1. The van der Waals surface area contributed by atoms with Crippen LogP contribution in [0.2, 0.25) is 0 Å². The molecule has 1 aromatic carbocycles. The topological polar surface area (TPSA) is 29.1 Å². The van der Waals surface area contributed by atoms with E-state index in [-0.39, 0.29) is 11.8 Å². The highest BCUT2D eigenvalue weighted by molar-refractivity contribution is 6.17. The van der Waals surface area contributed by atoms with Crippen molar-refractivity contribution in [3.05, 3.63) is 35.4 Å². The van der Waals surface area contributed by atoms with E-state index in [4.69, 9.17) is 11.6 Å². The maximum Gasteiger partial charge on any atom is 0.223 e. The van der Waals surface area contributed by atoms with Gasteiger partial charge in [-0.15, -0.1) is 11.6 Å². The van der Waals surface area contributed by atoms with Gasteiger partial charge in [0.2, 0.25) is 5.91 Å². The van der Waals surface area contributed by atoms with E-state index in [0.29, 0.717) is 5.88 Å². The summed E-state index contributed by atoms with van der Waals surface area (Å²) in [6.45, 7) is 0.754. The molecule has 18 heavy (non-hydrogen) atoms. The summed E-state index contributed by atoms with van der Waals surface area (Å²) < 4.78 is 0. The lowest BCUT2D eigenvalue weighted by molar-refractivity contribution is -0.125. The summed E-state index contributed by atoms with van der Waals surface area (Å²) in [5.74, 6) is 1.03. The van der Waals surface area contributed by atoms with Crippen molar-refractivity contribution < 1.29 is 4.79 Å². The Morgan fingerprint density at radius 1 is 1.28 bits per heavy atom. The SMILES string of the molecule is O=C(NCCCCCl)C1CCc2ccccc2C1. The van der Waals surface area contributed by atoms with E-state index in [1.165, 1.54) is 11.1 Å². The van der Waals surface area contributed by atoms with Crippen LogP contribution < -0.4 is 5.32 Å². The van der Waals surface area contributed by atoms with Gasteiger partial charge >= 0.3 is 0 Å². The number of unbranched alkanes of at least 4 members (excludes halogenated alkanes) is 1. The van der Waals surface area contributed by atoms with Crippen LogP contribution in [0.1, 0.15) is 30.4 Å². The standard InChI is InChI=1S/C15H20ClNO/c16-9-3-4-10-17-15(18)14-8-7-12-5-1-2-6-13(12)11-14/h1-2,5-6,14H,3-4,7-11H2,(H,17,18). The fraction of sp³-hybridized carbons (Fsp3) is 0.533. The van der Waals surface area contributed by atoms with Gasteiger partial charge in [-0.25, -0.2) is 0 Å². The van der Waals surface area contributed by atoms with Gasteiger partial charge < -0.3 is 5.32 Å². The molecule has 0 spiro atoms. The number of aryl methyl sites for hydroxylation is 1. The molecule has 1 unspecified atom stereocenters. The van der Waals surface area contributed by atoms with E-state index in [9.17, 15) is 4.79 Å². The number of hydrogen-bond acceptors (Lipinski definition) is 1. The van der Waals surface area contributed by atoms with Crippen LogP contribution in [-0.4, -0.2) is 18.3 Å². The first kappa shape index (κ1) is 13.4. The number of carbonyl (C=O) groups is 1. The molecule has 0 saturated carbocycles. The van der Waals surface area contributed by atoms with Crippen LogP contribution in [0.3, 0.4) is 0 Å². The Hall–Kier alpha value is -1.02. The molecule has 0 fully saturated rings. The highest BCUT2D eigenvalue weighted by Crippen LogP contribution is 2.25. The van der Waals surface area contributed by atoms with Crippen molar-refractivity contribution in [1.82, 2.24) is 5.32 Å². The molecule has 1 N–H and O–H groups in total. The largest absolute Gasteiger partial charge is 0.356 e. The number of nitrogens with one attached hydrogen (secondary N) is 1. The molecule has 98 valence electrons. The molecule has 2 rings (SSSR count). The predicted molar refractivity (Wildman–Crippen MR) is 74.9 cm³/mol. The number of hydrogen-bond donors (Lipinski definition) is 1. The van der Waals surface area contributed by atoms with Gasteiger partial charge in [-0.1, -0.05) is 24.3 Å². The molecule has 1 aromatic rings. The Bertz CT molecular complexity index is 405. The van der Waals surface area contributed by atoms with Gasteiger partial charge in [-0.3, -0.25) is 4.79 Å². The van der Waals surface area contributed by atoms with Crippen LogP contribution in [0.4, 0.5) is 0 Å². The summed E-state index contributed by atoms with van der Waals surface area (Å²) in [4.78, 5) is 12.0. The molecule has 0 aromatic heterocycles. The number of rotatable bonds is 5. The first-order valence-electron chi connectivity index (χ1n) is 6.71. The highest BCUT2D eigenvalue weighted by atomic mass is 35.5. The molecular weight excluding hydrogens is 246 g/mol. The van der Waals surface area contributed by atoms with Crippen molar-refractivity contribution in [3.8, 4) is 0 Å². The van der Waals surface area contributed by atoms with Crippen molar-refractivity contribution in [3.63, 3.8) is 0 Å². The molecule has 2 nitrogen and oxygen atoms in total. The third kappa shape index (κ3) is 3.49. The Morgan fingerprint density at radius 2 is 2.06 bits per heavy atom. The van der Waals surface area contributed by atoms with Gasteiger partial charge in [0.1, 0.15) is 0 Å². The maximum absolute atomic E-state index is 12.0. The van der Waals surface area contributed by atoms with Crippen LogP contribution >= 0.6 is 11.6 Å². The third-order valence-corrected chi connectivity index (χ3v) is 3.84. The van der Waals surface area contributed by atoms with Gasteiger partial charge in [0.15, 0.2) is 0 Å². The average Bonchev–Trinajstić information content (AvgIpc) is 2.43. The van der Waals surface area contributed by atoms with Crippen molar-refractivity contribution in [2.24, 2.45) is 5.92 Å². The minimum absolute atomic E-state index is 0.149. The number of halogens is 1. The summed E-state index contributed by atoms with van der Waals surface area (Å²) in [5.41, 5.74) is 2.74. The van der Waals surface area contributed by atoms with Crippen molar-refractivity contribution in [1.29, 1.82) is 0 Å². The first-order chi connectivity index (χ1) is 8.81. The maximum atomic E-state index is 12.0. The summed E-state index contributed by atoms with van der Waals surface area (Å²) in [5, 5.41) is 3.02. The second-order valence-corrected chi connectivity index (χ2v) is 5.27. The van der Waals surface area contributed by atoms with Crippen LogP contribution in [0.5, 0.6) is 0 Å². The fourth-order valence-electron chi connectivity index (χ4n) is 2.50. The molecule has 0 aliphatic heterocycles. The lowest BCUT2D eigenvalue weighted by atomic mass is 9.83. The molecule has 0 bridgehead atoms. The molecule has 1 atom stereocenters. The number of benzene rings is 1. The van der Waals surface area contributed by atoms with Crippen molar-refractivity contribution >= 4 is 17.5 Å². The Kier molecular flexibility index (Phi) is 5.06. The molecule has 3 heteroatoms. The number of carbonyl (C=O) groups excluding carboxylic acids is 1. The van der Waals surface area contributed by atoms with Gasteiger partial charge in [-0.2, -0.15) is 0 Å². The molecule has 0 radical (unpaired) electrons. The molecule has 0 heterocycles. The van der Waals surface area contributed by atoms with Crippen LogP contribution in [0, 0.1) is 5.92 Å². The zero-order chi connectivity index (χ0) is 12.8. The van der Waals surface area contributed by atoms with E-state index in [1.807, 2.05) is 0 Å². The minimum Gasteiger partial charge on any atom is -0.356 e. The quantitative estimate of drug-likeness (QED) is 0.644. The second-order valence-electron chi connectivity index (χ2n) is 4.90. The van der Waals surface area contributed by atoms with E-state index >= 15 is 0 Å².